The molecule has 0 aromatic carbocycles. The van der Waals surface area contributed by atoms with E-state index in [0.717, 1.165) is 0 Å². The van der Waals surface area contributed by atoms with Crippen LogP contribution in [-0.2, 0) is 9.53 Å². The molecular formula is C12H22NO3. The molecule has 0 aliphatic carbocycles. The van der Waals surface area contributed by atoms with Gasteiger partial charge in [0.1, 0.15) is 11.6 Å². The van der Waals surface area contributed by atoms with E-state index >= 15 is 0 Å². The third-order valence-corrected chi connectivity index (χ3v) is 1.98. The highest BCUT2D eigenvalue weighted by atomic mass is 16.6. The molecule has 4 heteroatoms. The van der Waals surface area contributed by atoms with E-state index in [4.69, 9.17) is 4.74 Å². The van der Waals surface area contributed by atoms with Crippen molar-refractivity contribution in [2.45, 2.75) is 52.7 Å². The van der Waals surface area contributed by atoms with E-state index in [2.05, 4.69) is 0 Å². The van der Waals surface area contributed by atoms with Crippen molar-refractivity contribution in [2.75, 3.05) is 7.05 Å². The van der Waals surface area contributed by atoms with Gasteiger partial charge in [0.15, 0.2) is 0 Å². The zero-order valence-electron chi connectivity index (χ0n) is 11.0. The third-order valence-electron chi connectivity index (χ3n) is 1.98. The molecule has 1 atom stereocenters. The second-order valence-corrected chi connectivity index (χ2v) is 5.35. The summed E-state index contributed by atoms with van der Waals surface area (Å²) in [5.74, 6) is 0.330. The van der Waals surface area contributed by atoms with Crippen LogP contribution >= 0.6 is 0 Å². The van der Waals surface area contributed by atoms with Crippen LogP contribution in [0.25, 0.3) is 0 Å². The topological polar surface area (TPSA) is 46.6 Å². The SMILES string of the molecule is CC(C)C[C@@H]([C]=O)N(C)C(=O)OC(C)(C)C. The number of hydrogen-bond donors (Lipinski definition) is 0. The predicted molar refractivity (Wildman–Crippen MR) is 62.9 cm³/mol. The Morgan fingerprint density at radius 1 is 1.38 bits per heavy atom. The number of amides is 1. The van der Waals surface area contributed by atoms with E-state index in [0.29, 0.717) is 12.3 Å². The van der Waals surface area contributed by atoms with Crippen LogP contribution in [0, 0.1) is 5.92 Å². The standard InChI is InChI=1S/C12H22NO3/c1-9(2)7-10(8-14)13(6)11(15)16-12(3,4)5/h9-10H,7H2,1-6H3/t10-/m0/s1. The first-order valence-electron chi connectivity index (χ1n) is 5.51. The van der Waals surface area contributed by atoms with Gasteiger partial charge in [0.2, 0.25) is 6.29 Å². The Kier molecular flexibility index (Phi) is 5.48. The zero-order chi connectivity index (χ0) is 12.9. The summed E-state index contributed by atoms with van der Waals surface area (Å²) in [5, 5.41) is 0. The van der Waals surface area contributed by atoms with E-state index < -0.39 is 17.7 Å². The highest BCUT2D eigenvalue weighted by molar-refractivity contribution is 5.73. The van der Waals surface area contributed by atoms with Crippen LogP contribution in [0.1, 0.15) is 41.0 Å². The average molecular weight is 228 g/mol. The van der Waals surface area contributed by atoms with Crippen molar-refractivity contribution in [1.82, 2.24) is 4.90 Å². The van der Waals surface area contributed by atoms with Crippen LogP contribution in [0.5, 0.6) is 0 Å². The third kappa shape index (κ3) is 5.73. The van der Waals surface area contributed by atoms with E-state index in [-0.39, 0.29) is 0 Å². The Labute approximate surface area is 98.0 Å². The Morgan fingerprint density at radius 2 is 1.88 bits per heavy atom. The second kappa shape index (κ2) is 5.87. The molecule has 0 aliphatic heterocycles. The number of carbonyl (C=O) groups is 1. The van der Waals surface area contributed by atoms with Gasteiger partial charge in [0, 0.05) is 7.05 Å². The van der Waals surface area contributed by atoms with Crippen molar-refractivity contribution in [3.8, 4) is 0 Å². The Hall–Kier alpha value is -1.06. The molecule has 0 aromatic heterocycles. The van der Waals surface area contributed by atoms with Crippen molar-refractivity contribution in [3.63, 3.8) is 0 Å². The Bertz CT molecular complexity index is 243. The summed E-state index contributed by atoms with van der Waals surface area (Å²) in [5.41, 5.74) is -0.545. The fourth-order valence-electron chi connectivity index (χ4n) is 1.19. The highest BCUT2D eigenvalue weighted by Gasteiger charge is 2.25. The normalized spacial score (nSPS) is 13.4. The van der Waals surface area contributed by atoms with Gasteiger partial charge in [0.25, 0.3) is 0 Å². The smallest absolute Gasteiger partial charge is 0.410 e. The first kappa shape index (κ1) is 14.9. The lowest BCUT2D eigenvalue weighted by molar-refractivity contribution is 0.0254. The molecule has 0 saturated heterocycles. The summed E-state index contributed by atoms with van der Waals surface area (Å²) in [4.78, 5) is 23.7. The van der Waals surface area contributed by atoms with Gasteiger partial charge in [-0.1, -0.05) is 13.8 Å². The molecule has 4 nitrogen and oxygen atoms in total. The van der Waals surface area contributed by atoms with Crippen molar-refractivity contribution in [1.29, 1.82) is 0 Å². The molecule has 1 amide bonds. The van der Waals surface area contributed by atoms with Crippen LogP contribution in [-0.4, -0.2) is 36.0 Å². The first-order valence-corrected chi connectivity index (χ1v) is 5.51. The van der Waals surface area contributed by atoms with Gasteiger partial charge in [-0.2, -0.15) is 0 Å². The molecule has 0 aromatic rings. The molecule has 0 heterocycles. The van der Waals surface area contributed by atoms with Gasteiger partial charge in [-0.25, -0.2) is 4.79 Å². The van der Waals surface area contributed by atoms with E-state index in [1.54, 1.807) is 27.8 Å². The molecule has 0 unspecified atom stereocenters. The number of likely N-dealkylation sites (N-methyl/N-ethyl adjacent to an activating group) is 1. The van der Waals surface area contributed by atoms with Gasteiger partial charge in [-0.05, 0) is 33.1 Å². The molecule has 0 saturated carbocycles. The summed E-state index contributed by atoms with van der Waals surface area (Å²) in [7, 11) is 1.56. The van der Waals surface area contributed by atoms with Gasteiger partial charge >= 0.3 is 6.09 Å². The summed E-state index contributed by atoms with van der Waals surface area (Å²) in [6, 6.07) is -0.533. The fourth-order valence-corrected chi connectivity index (χ4v) is 1.19. The number of hydrogen-bond acceptors (Lipinski definition) is 3. The molecule has 16 heavy (non-hydrogen) atoms. The molecule has 0 rings (SSSR count). The van der Waals surface area contributed by atoms with Gasteiger partial charge in [-0.3, -0.25) is 4.79 Å². The summed E-state index contributed by atoms with van der Waals surface area (Å²) >= 11 is 0. The van der Waals surface area contributed by atoms with Crippen LogP contribution in [0.2, 0.25) is 0 Å². The average Bonchev–Trinajstić information content (AvgIpc) is 2.09. The number of rotatable bonds is 4. The largest absolute Gasteiger partial charge is 0.444 e. The minimum Gasteiger partial charge on any atom is -0.444 e. The minimum absolute atomic E-state index is 0.330. The molecule has 0 N–H and O–H groups in total. The maximum absolute atomic E-state index is 11.7. The number of nitrogens with zero attached hydrogens (tertiary/aromatic N) is 1. The van der Waals surface area contributed by atoms with Gasteiger partial charge < -0.3 is 9.64 Å². The molecule has 0 fully saturated rings. The minimum atomic E-state index is -0.545. The molecule has 0 bridgehead atoms. The number of ether oxygens (including phenoxy) is 1. The van der Waals surface area contributed by atoms with Crippen LogP contribution in [0.15, 0.2) is 0 Å². The Balaban J connectivity index is 4.44. The highest BCUT2D eigenvalue weighted by Crippen LogP contribution is 2.13. The monoisotopic (exact) mass is 228 g/mol. The lowest BCUT2D eigenvalue weighted by Gasteiger charge is -2.28. The van der Waals surface area contributed by atoms with Crippen molar-refractivity contribution >= 4 is 12.4 Å². The summed E-state index contributed by atoms with van der Waals surface area (Å²) in [6.07, 6.45) is 1.99. The van der Waals surface area contributed by atoms with Gasteiger partial charge in [0.05, 0.1) is 0 Å². The van der Waals surface area contributed by atoms with Gasteiger partial charge in [-0.15, -0.1) is 0 Å². The van der Waals surface area contributed by atoms with Crippen LogP contribution in [0.3, 0.4) is 0 Å². The van der Waals surface area contributed by atoms with E-state index in [9.17, 15) is 9.59 Å². The van der Waals surface area contributed by atoms with E-state index in [1.165, 1.54) is 4.90 Å². The van der Waals surface area contributed by atoms with Crippen molar-refractivity contribution in [2.24, 2.45) is 5.92 Å². The lowest BCUT2D eigenvalue weighted by atomic mass is 10.0. The van der Waals surface area contributed by atoms with Crippen molar-refractivity contribution < 1.29 is 14.3 Å². The first-order chi connectivity index (χ1) is 7.17. The zero-order valence-corrected chi connectivity index (χ0v) is 11.0. The Morgan fingerprint density at radius 3 is 2.19 bits per heavy atom. The van der Waals surface area contributed by atoms with Crippen molar-refractivity contribution in [3.05, 3.63) is 0 Å². The number of carbonyl (C=O) groups excluding carboxylic acids is 2. The second-order valence-electron chi connectivity index (χ2n) is 5.35. The van der Waals surface area contributed by atoms with Crippen LogP contribution < -0.4 is 0 Å². The summed E-state index contributed by atoms with van der Waals surface area (Å²) < 4.78 is 5.17. The van der Waals surface area contributed by atoms with Crippen LogP contribution in [0.4, 0.5) is 4.79 Å². The molecule has 0 aliphatic rings. The predicted octanol–water partition coefficient (Wildman–Crippen LogP) is 2.38. The maximum atomic E-state index is 11.7. The quantitative estimate of drug-likeness (QED) is 0.742. The summed E-state index contributed by atoms with van der Waals surface area (Å²) in [6.45, 7) is 9.36. The molecular weight excluding hydrogens is 206 g/mol. The molecule has 1 radical (unpaired) electrons. The fraction of sp³-hybridized carbons (Fsp3) is 0.833. The molecule has 0 spiro atoms. The molecule has 93 valence electrons. The maximum Gasteiger partial charge on any atom is 0.410 e. The van der Waals surface area contributed by atoms with E-state index in [1.807, 2.05) is 20.1 Å². The lowest BCUT2D eigenvalue weighted by Crippen LogP contribution is -2.42.